The van der Waals surface area contributed by atoms with Crippen LogP contribution < -0.4 is 0 Å². The van der Waals surface area contributed by atoms with Crippen molar-refractivity contribution in [1.82, 2.24) is 0 Å². The molecule has 0 aliphatic carbocycles. The first kappa shape index (κ1) is 28.6. The number of aliphatic hydroxyl groups excluding tert-OH is 8. The van der Waals surface area contributed by atoms with E-state index < -0.39 is 74.3 Å². The van der Waals surface area contributed by atoms with Crippen LogP contribution in [0.3, 0.4) is 0 Å². The summed E-state index contributed by atoms with van der Waals surface area (Å²) in [5.41, 5.74) is 4.07. The fourth-order valence-corrected chi connectivity index (χ4v) is 5.01. The summed E-state index contributed by atoms with van der Waals surface area (Å²) in [5, 5.41) is 80.0. The Hall–Kier alpha value is -2.40. The third-order valence-corrected chi connectivity index (χ3v) is 7.29. The molecule has 0 unspecified atom stereocenters. The highest BCUT2D eigenvalue weighted by Gasteiger charge is 2.45. The molecule has 2 saturated heterocycles. The third kappa shape index (κ3) is 5.50. The molecule has 2 aliphatic rings. The molecule has 38 heavy (non-hydrogen) atoms. The topological polar surface area (TPSA) is 180 Å². The molecule has 10 heteroatoms. The van der Waals surface area contributed by atoms with Crippen LogP contribution in [0.1, 0.15) is 45.6 Å². The maximum absolute atomic E-state index is 10.4. The van der Waals surface area contributed by atoms with E-state index in [-0.39, 0.29) is 0 Å². The standard InChI is InChI=1S/C28H34O10/c1-13-9-15(5-7-17(13)27-25(35)23(33)21(31)19(11-29)37-27)3-4-16-6-8-18(14(2)10-16)28-26(36)24(34)22(32)20(12-30)38-28/h5-10,19-36H,11-12H2,1-2H3/t19-,20-,21-,22-,23+,24+,25-,26+,27-,28-/m1/s1. The smallest absolute Gasteiger partial charge is 0.113 e. The highest BCUT2D eigenvalue weighted by Crippen LogP contribution is 2.35. The second-order valence-electron chi connectivity index (χ2n) is 9.89. The summed E-state index contributed by atoms with van der Waals surface area (Å²) in [6, 6.07) is 10.5. The average molecular weight is 531 g/mol. The second kappa shape index (κ2) is 11.8. The fourth-order valence-electron chi connectivity index (χ4n) is 5.01. The van der Waals surface area contributed by atoms with Gasteiger partial charge in [-0.15, -0.1) is 0 Å². The van der Waals surface area contributed by atoms with Crippen LogP contribution in [-0.4, -0.2) is 103 Å². The van der Waals surface area contributed by atoms with Crippen molar-refractivity contribution in [3.05, 3.63) is 69.8 Å². The largest absolute Gasteiger partial charge is 0.394 e. The minimum atomic E-state index is -1.46. The van der Waals surface area contributed by atoms with Gasteiger partial charge < -0.3 is 50.3 Å². The Labute approximate surface area is 220 Å². The highest BCUT2D eigenvalue weighted by atomic mass is 16.6. The van der Waals surface area contributed by atoms with Crippen LogP contribution in [0.4, 0.5) is 0 Å². The second-order valence-corrected chi connectivity index (χ2v) is 9.89. The molecule has 10 atom stereocenters. The SMILES string of the molecule is Cc1cc(C#Cc2ccc([C@H]3O[C@H](CO)[C@@H](O)[C@H](O)[C@@H]3O)c(C)c2)ccc1[C@H]1O[C@H](CO)[C@@H](O)[C@H](O)[C@H]1O. The van der Waals surface area contributed by atoms with Crippen LogP contribution in [-0.2, 0) is 9.47 Å². The minimum absolute atomic E-state index is 0.501. The van der Waals surface area contributed by atoms with Gasteiger partial charge in [-0.1, -0.05) is 24.0 Å². The molecule has 4 rings (SSSR count). The molecular weight excluding hydrogens is 496 g/mol. The molecule has 0 spiro atoms. The summed E-state index contributed by atoms with van der Waals surface area (Å²) in [4.78, 5) is 0. The first-order valence-corrected chi connectivity index (χ1v) is 12.4. The van der Waals surface area contributed by atoms with Crippen LogP contribution in [0.15, 0.2) is 36.4 Å². The van der Waals surface area contributed by atoms with Gasteiger partial charge in [0.25, 0.3) is 0 Å². The maximum Gasteiger partial charge on any atom is 0.113 e. The molecule has 0 amide bonds. The van der Waals surface area contributed by atoms with Crippen molar-refractivity contribution in [2.45, 2.75) is 74.9 Å². The van der Waals surface area contributed by atoms with Crippen molar-refractivity contribution in [2.24, 2.45) is 0 Å². The monoisotopic (exact) mass is 530 g/mol. The zero-order chi connectivity index (χ0) is 27.7. The molecule has 10 nitrogen and oxygen atoms in total. The zero-order valence-electron chi connectivity index (χ0n) is 21.0. The first-order valence-electron chi connectivity index (χ1n) is 12.4. The van der Waals surface area contributed by atoms with Crippen LogP contribution in [0.25, 0.3) is 0 Å². The van der Waals surface area contributed by atoms with Crippen molar-refractivity contribution in [3.8, 4) is 11.8 Å². The predicted molar refractivity (Wildman–Crippen MR) is 134 cm³/mol. The lowest BCUT2D eigenvalue weighted by Crippen LogP contribution is -2.55. The van der Waals surface area contributed by atoms with Crippen molar-refractivity contribution >= 4 is 0 Å². The van der Waals surface area contributed by atoms with Gasteiger partial charge in [0, 0.05) is 11.1 Å². The Kier molecular flexibility index (Phi) is 8.86. The Bertz CT molecular complexity index is 1100. The number of ether oxygens (including phenoxy) is 2. The van der Waals surface area contributed by atoms with Gasteiger partial charge in [-0.05, 0) is 60.4 Å². The summed E-state index contributed by atoms with van der Waals surface area (Å²) < 4.78 is 11.3. The Morgan fingerprint density at radius 2 is 0.947 bits per heavy atom. The Balaban J connectivity index is 1.52. The fraction of sp³-hybridized carbons (Fsp3) is 0.500. The maximum atomic E-state index is 10.4. The quantitative estimate of drug-likeness (QED) is 0.222. The minimum Gasteiger partial charge on any atom is -0.394 e. The molecule has 0 radical (unpaired) electrons. The molecule has 2 heterocycles. The predicted octanol–water partition coefficient (Wildman–Crippen LogP) is -1.27. The van der Waals surface area contributed by atoms with Gasteiger partial charge in [0.2, 0.25) is 0 Å². The molecule has 2 aromatic carbocycles. The van der Waals surface area contributed by atoms with Crippen LogP contribution in [0, 0.1) is 25.7 Å². The molecule has 0 bridgehead atoms. The van der Waals surface area contributed by atoms with Gasteiger partial charge in [-0.3, -0.25) is 0 Å². The van der Waals surface area contributed by atoms with E-state index in [1.54, 1.807) is 50.2 Å². The zero-order valence-corrected chi connectivity index (χ0v) is 21.0. The van der Waals surface area contributed by atoms with Gasteiger partial charge in [-0.2, -0.15) is 0 Å². The Morgan fingerprint density at radius 1 is 0.579 bits per heavy atom. The molecule has 2 aliphatic heterocycles. The molecule has 0 aromatic heterocycles. The van der Waals surface area contributed by atoms with E-state index in [1.165, 1.54) is 0 Å². The van der Waals surface area contributed by atoms with E-state index in [0.29, 0.717) is 22.3 Å². The normalized spacial score (nSPS) is 35.4. The van der Waals surface area contributed by atoms with E-state index in [1.807, 2.05) is 0 Å². The summed E-state index contributed by atoms with van der Waals surface area (Å²) in [7, 11) is 0. The van der Waals surface area contributed by atoms with Gasteiger partial charge in [0.1, 0.15) is 61.0 Å². The number of aryl methyl sites for hydroxylation is 2. The van der Waals surface area contributed by atoms with E-state index in [2.05, 4.69) is 11.8 Å². The molecule has 2 fully saturated rings. The number of hydrogen-bond donors (Lipinski definition) is 8. The van der Waals surface area contributed by atoms with E-state index in [9.17, 15) is 40.9 Å². The van der Waals surface area contributed by atoms with Crippen LogP contribution in [0.5, 0.6) is 0 Å². The molecule has 8 N–H and O–H groups in total. The first-order chi connectivity index (χ1) is 18.1. The summed E-state index contributed by atoms with van der Waals surface area (Å²) in [6.45, 7) is 2.61. The molecular formula is C28H34O10. The van der Waals surface area contributed by atoms with Crippen molar-refractivity contribution in [3.63, 3.8) is 0 Å². The van der Waals surface area contributed by atoms with Gasteiger partial charge in [-0.25, -0.2) is 0 Å². The lowest BCUT2D eigenvalue weighted by Gasteiger charge is -2.40. The van der Waals surface area contributed by atoms with E-state index in [4.69, 9.17) is 9.47 Å². The van der Waals surface area contributed by atoms with Crippen LogP contribution in [0.2, 0.25) is 0 Å². The van der Waals surface area contributed by atoms with Crippen LogP contribution >= 0.6 is 0 Å². The number of benzene rings is 2. The van der Waals surface area contributed by atoms with E-state index in [0.717, 1.165) is 11.1 Å². The molecule has 0 saturated carbocycles. The highest BCUT2D eigenvalue weighted by molar-refractivity contribution is 5.48. The van der Waals surface area contributed by atoms with Crippen molar-refractivity contribution < 1.29 is 50.3 Å². The van der Waals surface area contributed by atoms with Crippen molar-refractivity contribution in [1.29, 1.82) is 0 Å². The lowest BCUT2D eigenvalue weighted by atomic mass is 9.88. The van der Waals surface area contributed by atoms with Gasteiger partial charge in [0.05, 0.1) is 13.2 Å². The van der Waals surface area contributed by atoms with E-state index >= 15 is 0 Å². The summed E-state index contributed by atoms with van der Waals surface area (Å²) in [6.07, 6.45) is -12.3. The molecule has 2 aromatic rings. The number of hydrogen-bond acceptors (Lipinski definition) is 10. The van der Waals surface area contributed by atoms with Gasteiger partial charge >= 0.3 is 0 Å². The van der Waals surface area contributed by atoms with Crippen molar-refractivity contribution in [2.75, 3.05) is 13.2 Å². The van der Waals surface area contributed by atoms with Gasteiger partial charge in [0.15, 0.2) is 0 Å². The Morgan fingerprint density at radius 3 is 1.26 bits per heavy atom. The number of rotatable bonds is 4. The summed E-state index contributed by atoms with van der Waals surface area (Å²) >= 11 is 0. The summed E-state index contributed by atoms with van der Waals surface area (Å²) in [5.74, 6) is 6.15. The average Bonchev–Trinajstić information content (AvgIpc) is 2.90. The number of aliphatic hydroxyl groups is 8. The third-order valence-electron chi connectivity index (χ3n) is 7.29. The molecule has 206 valence electrons. The lowest BCUT2D eigenvalue weighted by molar-refractivity contribution is -0.231.